The van der Waals surface area contributed by atoms with Crippen molar-refractivity contribution in [3.63, 3.8) is 0 Å². The highest BCUT2D eigenvalue weighted by atomic mass is 32.2. The molecule has 2 N–H and O–H groups in total. The van der Waals surface area contributed by atoms with Crippen molar-refractivity contribution in [1.82, 2.24) is 19.3 Å². The van der Waals surface area contributed by atoms with E-state index in [1.54, 1.807) is 42.9 Å². The van der Waals surface area contributed by atoms with Gasteiger partial charge in [-0.2, -0.15) is 0 Å². The molecule has 5 aromatic rings. The molecule has 37 heavy (non-hydrogen) atoms. The summed E-state index contributed by atoms with van der Waals surface area (Å²) >= 11 is 0. The Balaban J connectivity index is 1.47. The second-order valence-corrected chi connectivity index (χ2v) is 10.4. The van der Waals surface area contributed by atoms with Gasteiger partial charge in [0.15, 0.2) is 0 Å². The zero-order valence-electron chi connectivity index (χ0n) is 20.3. The number of nitrogens with zero attached hydrogens (tertiary/aromatic N) is 4. The highest BCUT2D eigenvalue weighted by Gasteiger charge is 2.29. The van der Waals surface area contributed by atoms with E-state index in [0.717, 1.165) is 9.82 Å². The summed E-state index contributed by atoms with van der Waals surface area (Å²) in [4.78, 5) is 33.4. The number of imidazole rings is 1. The van der Waals surface area contributed by atoms with E-state index in [1.807, 2.05) is 30.3 Å². The topological polar surface area (TPSA) is 122 Å². The SMILES string of the molecule is Cc1c(N(C)S(=O)(=O)c2cccc(C(=O)Nc3nc4ccccc4[nH]3)c2)c(=O)n(-c2ccccc2)n1C. The molecule has 0 atom stereocenters. The van der Waals surface area contributed by atoms with Crippen molar-refractivity contribution >= 4 is 38.6 Å². The molecule has 188 valence electrons. The molecule has 3 aromatic carbocycles. The van der Waals surface area contributed by atoms with Crippen LogP contribution in [-0.4, -0.2) is 40.7 Å². The maximum atomic E-state index is 13.6. The van der Waals surface area contributed by atoms with Crippen molar-refractivity contribution < 1.29 is 13.2 Å². The van der Waals surface area contributed by atoms with Crippen molar-refractivity contribution in [2.24, 2.45) is 7.05 Å². The summed E-state index contributed by atoms with van der Waals surface area (Å²) in [5, 5.41) is 2.66. The summed E-state index contributed by atoms with van der Waals surface area (Å²) in [5.41, 5.74) is 2.20. The maximum Gasteiger partial charge on any atom is 0.296 e. The van der Waals surface area contributed by atoms with Crippen LogP contribution in [0, 0.1) is 6.92 Å². The summed E-state index contributed by atoms with van der Waals surface area (Å²) in [6.07, 6.45) is 0. The molecular weight excluding hydrogens is 492 g/mol. The third-order valence-corrected chi connectivity index (χ3v) is 7.97. The normalized spacial score (nSPS) is 11.5. The van der Waals surface area contributed by atoms with Gasteiger partial charge < -0.3 is 4.98 Å². The van der Waals surface area contributed by atoms with Crippen LogP contribution in [0.4, 0.5) is 11.6 Å². The van der Waals surface area contributed by atoms with E-state index in [9.17, 15) is 18.0 Å². The molecule has 2 heterocycles. The van der Waals surface area contributed by atoms with Crippen molar-refractivity contribution in [1.29, 1.82) is 0 Å². The van der Waals surface area contributed by atoms with Gasteiger partial charge in [-0.15, -0.1) is 0 Å². The van der Waals surface area contributed by atoms with E-state index in [2.05, 4.69) is 15.3 Å². The van der Waals surface area contributed by atoms with Crippen molar-refractivity contribution in [3.05, 3.63) is 100 Å². The summed E-state index contributed by atoms with van der Waals surface area (Å²) in [6.45, 7) is 1.68. The number of amides is 1. The Kier molecular flexibility index (Phi) is 5.92. The lowest BCUT2D eigenvalue weighted by molar-refractivity contribution is 0.102. The third kappa shape index (κ3) is 4.19. The van der Waals surface area contributed by atoms with Crippen molar-refractivity contribution in [2.45, 2.75) is 11.8 Å². The molecule has 0 bridgehead atoms. The van der Waals surface area contributed by atoms with Crippen LogP contribution in [0.25, 0.3) is 16.7 Å². The summed E-state index contributed by atoms with van der Waals surface area (Å²) in [5.74, 6) is -0.279. The molecule has 0 saturated heterocycles. The number of para-hydroxylation sites is 3. The fraction of sp³-hybridized carbons (Fsp3) is 0.115. The standard InChI is InChI=1S/C26H24N6O4S/c1-17-23(25(34)32(30(17)2)19-11-5-4-6-12-19)31(3)37(35,36)20-13-9-10-18(16-20)24(33)29-26-27-21-14-7-8-15-22(21)28-26/h4-16H,1-3H3,(H2,27,28,29,33). The number of aromatic nitrogens is 4. The first kappa shape index (κ1) is 24.1. The molecule has 0 fully saturated rings. The molecule has 0 unspecified atom stereocenters. The summed E-state index contributed by atoms with van der Waals surface area (Å²) in [7, 11) is -1.15. The van der Waals surface area contributed by atoms with Crippen molar-refractivity contribution in [3.8, 4) is 5.69 Å². The van der Waals surface area contributed by atoms with E-state index >= 15 is 0 Å². The number of hydrogen-bond donors (Lipinski definition) is 2. The Bertz CT molecular complexity index is 1770. The molecule has 0 aliphatic heterocycles. The van der Waals surface area contributed by atoms with Gasteiger partial charge in [0, 0.05) is 19.7 Å². The lowest BCUT2D eigenvalue weighted by Crippen LogP contribution is -2.32. The van der Waals surface area contributed by atoms with E-state index in [0.29, 0.717) is 16.9 Å². The van der Waals surface area contributed by atoms with Crippen LogP contribution in [0.5, 0.6) is 0 Å². The quantitative estimate of drug-likeness (QED) is 0.358. The Hall–Kier alpha value is -4.64. The molecule has 1 amide bonds. The van der Waals surface area contributed by atoms with Gasteiger partial charge in [0.1, 0.15) is 5.69 Å². The average molecular weight is 517 g/mol. The molecule has 0 radical (unpaired) electrons. The fourth-order valence-corrected chi connectivity index (χ4v) is 5.48. The van der Waals surface area contributed by atoms with Crippen LogP contribution < -0.4 is 15.2 Å². The Labute approximate surface area is 212 Å². The number of carbonyl (C=O) groups excluding carboxylic acids is 1. The molecule has 0 spiro atoms. The first-order chi connectivity index (χ1) is 17.7. The Morgan fingerprint density at radius 1 is 1.00 bits per heavy atom. The second kappa shape index (κ2) is 9.10. The van der Waals surface area contributed by atoms with Crippen LogP contribution >= 0.6 is 0 Å². The first-order valence-electron chi connectivity index (χ1n) is 11.4. The fourth-order valence-electron chi connectivity index (χ4n) is 4.18. The van der Waals surface area contributed by atoms with Gasteiger partial charge >= 0.3 is 0 Å². The Morgan fingerprint density at radius 2 is 1.70 bits per heavy atom. The lowest BCUT2D eigenvalue weighted by Gasteiger charge is -2.18. The number of carbonyl (C=O) groups is 1. The minimum absolute atomic E-state index is 0.0171. The van der Waals surface area contributed by atoms with Gasteiger partial charge in [0.05, 0.1) is 27.3 Å². The number of benzene rings is 3. The predicted molar refractivity (Wildman–Crippen MR) is 142 cm³/mol. The molecule has 2 aromatic heterocycles. The summed E-state index contributed by atoms with van der Waals surface area (Å²) in [6, 6.07) is 21.9. The van der Waals surface area contributed by atoms with Crippen LogP contribution in [-0.2, 0) is 17.1 Å². The highest BCUT2D eigenvalue weighted by molar-refractivity contribution is 7.92. The van der Waals surface area contributed by atoms with E-state index in [1.165, 1.54) is 36.0 Å². The number of anilines is 2. The largest absolute Gasteiger partial charge is 0.324 e. The van der Waals surface area contributed by atoms with E-state index in [-0.39, 0.29) is 22.1 Å². The number of nitrogens with one attached hydrogen (secondary N) is 2. The lowest BCUT2D eigenvalue weighted by atomic mass is 10.2. The van der Waals surface area contributed by atoms with Gasteiger partial charge in [-0.25, -0.2) is 18.1 Å². The highest BCUT2D eigenvalue weighted by Crippen LogP contribution is 2.25. The number of hydrogen-bond acceptors (Lipinski definition) is 5. The van der Waals surface area contributed by atoms with Crippen LogP contribution in [0.3, 0.4) is 0 Å². The van der Waals surface area contributed by atoms with Crippen LogP contribution in [0.15, 0.2) is 88.6 Å². The molecule has 0 aliphatic rings. The number of sulfonamides is 1. The number of rotatable bonds is 6. The Morgan fingerprint density at radius 3 is 2.43 bits per heavy atom. The zero-order valence-corrected chi connectivity index (χ0v) is 21.2. The molecule has 0 saturated carbocycles. The van der Waals surface area contributed by atoms with Crippen LogP contribution in [0.1, 0.15) is 16.1 Å². The van der Waals surface area contributed by atoms with Gasteiger partial charge in [-0.1, -0.05) is 36.4 Å². The van der Waals surface area contributed by atoms with Crippen LogP contribution in [0.2, 0.25) is 0 Å². The maximum absolute atomic E-state index is 13.6. The van der Waals surface area contributed by atoms with E-state index in [4.69, 9.17) is 0 Å². The average Bonchev–Trinajstić information content (AvgIpc) is 3.40. The van der Waals surface area contributed by atoms with Gasteiger partial charge in [-0.05, 0) is 49.4 Å². The smallest absolute Gasteiger partial charge is 0.296 e. The zero-order chi connectivity index (χ0) is 26.3. The monoisotopic (exact) mass is 516 g/mol. The number of fused-ring (bicyclic) bond motifs is 1. The summed E-state index contributed by atoms with van der Waals surface area (Å²) < 4.78 is 31.1. The molecule has 5 rings (SSSR count). The number of aromatic amines is 1. The predicted octanol–water partition coefficient (Wildman–Crippen LogP) is 3.44. The van der Waals surface area contributed by atoms with Gasteiger partial charge in [0.2, 0.25) is 5.95 Å². The molecular formula is C26H24N6O4S. The molecule has 0 aliphatic carbocycles. The molecule has 10 nitrogen and oxygen atoms in total. The van der Waals surface area contributed by atoms with Gasteiger partial charge in [-0.3, -0.25) is 23.9 Å². The minimum atomic E-state index is -4.17. The van der Waals surface area contributed by atoms with Gasteiger partial charge in [0.25, 0.3) is 21.5 Å². The van der Waals surface area contributed by atoms with E-state index < -0.39 is 21.5 Å². The second-order valence-electron chi connectivity index (χ2n) is 8.47. The van der Waals surface area contributed by atoms with Crippen molar-refractivity contribution in [2.75, 3.05) is 16.7 Å². The minimum Gasteiger partial charge on any atom is -0.324 e. The third-order valence-electron chi connectivity index (χ3n) is 6.21. The first-order valence-corrected chi connectivity index (χ1v) is 12.8. The number of H-pyrrole nitrogens is 1. The molecule has 11 heteroatoms.